The Labute approximate surface area is 57.8 Å². The summed E-state index contributed by atoms with van der Waals surface area (Å²) >= 11 is 5.57. The number of nitrogens with zero attached hydrogens (tertiary/aromatic N) is 1. The van der Waals surface area contributed by atoms with Crippen LogP contribution in [0.25, 0.3) is 0 Å². The van der Waals surface area contributed by atoms with Crippen molar-refractivity contribution in [2.45, 2.75) is 0 Å². The zero-order chi connectivity index (χ0) is 6.69. The van der Waals surface area contributed by atoms with E-state index >= 15 is 0 Å². The summed E-state index contributed by atoms with van der Waals surface area (Å²) in [5.41, 5.74) is 3.13. The average molecular weight is 144 g/mol. The molecule has 0 spiro atoms. The van der Waals surface area contributed by atoms with Crippen LogP contribution in [-0.2, 0) is 0 Å². The van der Waals surface area contributed by atoms with Crippen molar-refractivity contribution >= 4 is 17.3 Å². The van der Waals surface area contributed by atoms with Crippen LogP contribution in [0.2, 0.25) is 5.02 Å². The van der Waals surface area contributed by atoms with Gasteiger partial charge in [-0.25, -0.2) is 0 Å². The molecule has 48 valence electrons. The molecule has 0 bridgehead atoms. The third-order valence-electron chi connectivity index (χ3n) is 0.872. The fourth-order valence-electron chi connectivity index (χ4n) is 0.491. The first-order valence-corrected chi connectivity index (χ1v) is 2.78. The number of aromatic nitrogens is 1. The number of hydrogen-bond donors (Lipinski definition) is 2. The van der Waals surface area contributed by atoms with E-state index in [1.165, 1.54) is 0 Å². The van der Waals surface area contributed by atoms with Crippen molar-refractivity contribution in [2.24, 2.45) is 5.84 Å². The lowest BCUT2D eigenvalue weighted by Gasteiger charge is -1.96. The summed E-state index contributed by atoms with van der Waals surface area (Å²) < 4.78 is 0. The van der Waals surface area contributed by atoms with Crippen LogP contribution in [0.4, 0.5) is 5.69 Å². The normalized spacial score (nSPS) is 9.11. The van der Waals surface area contributed by atoms with E-state index in [0.717, 1.165) is 0 Å². The highest BCUT2D eigenvalue weighted by Gasteiger charge is 1.88. The molecule has 0 saturated carbocycles. The maximum atomic E-state index is 5.57. The Morgan fingerprint density at radius 2 is 2.33 bits per heavy atom. The van der Waals surface area contributed by atoms with E-state index in [4.69, 9.17) is 17.4 Å². The molecule has 9 heavy (non-hydrogen) atoms. The van der Waals surface area contributed by atoms with Crippen LogP contribution >= 0.6 is 11.6 Å². The molecule has 0 saturated heterocycles. The van der Waals surface area contributed by atoms with Crippen molar-refractivity contribution in [3.05, 3.63) is 23.5 Å². The van der Waals surface area contributed by atoms with Crippen molar-refractivity contribution in [1.29, 1.82) is 0 Å². The largest absolute Gasteiger partial charge is 0.323 e. The van der Waals surface area contributed by atoms with E-state index in [0.29, 0.717) is 10.7 Å². The van der Waals surface area contributed by atoms with Crippen molar-refractivity contribution in [1.82, 2.24) is 4.98 Å². The van der Waals surface area contributed by atoms with Gasteiger partial charge in [-0.1, -0.05) is 11.6 Å². The molecule has 0 unspecified atom stereocenters. The Morgan fingerprint density at radius 1 is 1.56 bits per heavy atom. The van der Waals surface area contributed by atoms with E-state index in [1.54, 1.807) is 18.5 Å². The zero-order valence-electron chi connectivity index (χ0n) is 4.63. The average Bonchev–Trinajstić information content (AvgIpc) is 1.88. The molecule has 0 aliphatic carbocycles. The predicted octanol–water partition coefficient (Wildman–Crippen LogP) is 1.02. The second-order valence-corrected chi connectivity index (χ2v) is 1.97. The number of nitrogens with one attached hydrogen (secondary N) is 1. The van der Waals surface area contributed by atoms with Gasteiger partial charge in [0.15, 0.2) is 0 Å². The van der Waals surface area contributed by atoms with Gasteiger partial charge in [-0.15, -0.1) is 0 Å². The molecule has 1 heterocycles. The van der Waals surface area contributed by atoms with E-state index in [2.05, 4.69) is 10.4 Å². The van der Waals surface area contributed by atoms with Gasteiger partial charge in [-0.05, 0) is 6.07 Å². The Kier molecular flexibility index (Phi) is 1.87. The molecule has 3 N–H and O–H groups in total. The Morgan fingerprint density at radius 3 is 2.78 bits per heavy atom. The minimum absolute atomic E-state index is 0.574. The lowest BCUT2D eigenvalue weighted by atomic mass is 10.4. The van der Waals surface area contributed by atoms with E-state index < -0.39 is 0 Å². The van der Waals surface area contributed by atoms with Crippen LogP contribution in [-0.4, -0.2) is 4.98 Å². The number of pyridine rings is 1. The molecule has 0 radical (unpaired) electrons. The minimum atomic E-state index is 0.574. The van der Waals surface area contributed by atoms with Crippen molar-refractivity contribution < 1.29 is 0 Å². The third-order valence-corrected chi connectivity index (χ3v) is 1.08. The molecule has 0 amide bonds. The molecule has 3 nitrogen and oxygen atoms in total. The van der Waals surface area contributed by atoms with Gasteiger partial charge in [0.05, 0.1) is 16.9 Å². The summed E-state index contributed by atoms with van der Waals surface area (Å²) in [5.74, 6) is 5.07. The summed E-state index contributed by atoms with van der Waals surface area (Å²) in [5, 5.41) is 0.574. The quantitative estimate of drug-likeness (QED) is 0.456. The van der Waals surface area contributed by atoms with Crippen LogP contribution < -0.4 is 11.3 Å². The highest BCUT2D eigenvalue weighted by Crippen LogP contribution is 2.10. The Balaban J connectivity index is 2.94. The molecule has 0 aliphatic heterocycles. The van der Waals surface area contributed by atoms with E-state index in [1.807, 2.05) is 0 Å². The van der Waals surface area contributed by atoms with Gasteiger partial charge >= 0.3 is 0 Å². The third kappa shape index (κ3) is 1.55. The monoisotopic (exact) mass is 143 g/mol. The van der Waals surface area contributed by atoms with Gasteiger partial charge in [0.2, 0.25) is 0 Å². The van der Waals surface area contributed by atoms with Gasteiger partial charge in [-0.2, -0.15) is 0 Å². The van der Waals surface area contributed by atoms with Crippen LogP contribution in [0, 0.1) is 0 Å². The van der Waals surface area contributed by atoms with Gasteiger partial charge in [0.1, 0.15) is 0 Å². The van der Waals surface area contributed by atoms with Crippen LogP contribution in [0.15, 0.2) is 18.5 Å². The maximum Gasteiger partial charge on any atom is 0.0683 e. The topological polar surface area (TPSA) is 50.9 Å². The standard InChI is InChI=1S/C5H6ClN3/c6-4-1-5(9-7)3-8-2-4/h1-3,9H,7H2. The predicted molar refractivity (Wildman–Crippen MR) is 37.1 cm³/mol. The molecule has 1 rings (SSSR count). The van der Waals surface area contributed by atoms with Crippen LogP contribution in [0.5, 0.6) is 0 Å². The van der Waals surface area contributed by atoms with Crippen molar-refractivity contribution in [3.8, 4) is 0 Å². The number of hydrogen-bond acceptors (Lipinski definition) is 3. The minimum Gasteiger partial charge on any atom is -0.323 e. The van der Waals surface area contributed by atoms with Crippen molar-refractivity contribution in [2.75, 3.05) is 5.43 Å². The number of nitrogen functional groups attached to an aromatic ring is 1. The summed E-state index contributed by atoms with van der Waals surface area (Å²) in [4.78, 5) is 3.78. The first-order valence-electron chi connectivity index (χ1n) is 2.40. The van der Waals surface area contributed by atoms with Gasteiger partial charge in [-0.3, -0.25) is 10.8 Å². The number of anilines is 1. The number of rotatable bonds is 1. The Bertz CT molecular complexity index is 201. The van der Waals surface area contributed by atoms with E-state index in [-0.39, 0.29) is 0 Å². The summed E-state index contributed by atoms with van der Waals surface area (Å²) in [6.45, 7) is 0. The summed E-state index contributed by atoms with van der Waals surface area (Å²) in [7, 11) is 0. The molecule has 1 aromatic heterocycles. The van der Waals surface area contributed by atoms with Crippen molar-refractivity contribution in [3.63, 3.8) is 0 Å². The lowest BCUT2D eigenvalue weighted by Crippen LogP contribution is -2.06. The SMILES string of the molecule is NNc1cncc(Cl)c1. The van der Waals surface area contributed by atoms with Gasteiger partial charge in [0.25, 0.3) is 0 Å². The molecule has 0 fully saturated rings. The second kappa shape index (κ2) is 2.66. The second-order valence-electron chi connectivity index (χ2n) is 1.54. The Hall–Kier alpha value is -0.800. The molecule has 4 heteroatoms. The molecule has 0 aliphatic rings. The highest BCUT2D eigenvalue weighted by atomic mass is 35.5. The fraction of sp³-hybridized carbons (Fsp3) is 0. The number of hydrazine groups is 1. The van der Waals surface area contributed by atoms with E-state index in [9.17, 15) is 0 Å². The maximum absolute atomic E-state index is 5.57. The van der Waals surface area contributed by atoms with Gasteiger partial charge < -0.3 is 5.43 Å². The van der Waals surface area contributed by atoms with Crippen LogP contribution in [0.3, 0.4) is 0 Å². The molecular formula is C5H6ClN3. The first-order chi connectivity index (χ1) is 4.33. The molecule has 0 atom stereocenters. The highest BCUT2D eigenvalue weighted by molar-refractivity contribution is 6.30. The fourth-order valence-corrected chi connectivity index (χ4v) is 0.665. The smallest absolute Gasteiger partial charge is 0.0683 e. The zero-order valence-corrected chi connectivity index (χ0v) is 5.39. The summed E-state index contributed by atoms with van der Waals surface area (Å²) in [6.07, 6.45) is 3.13. The number of halogens is 1. The molecule has 0 aromatic carbocycles. The van der Waals surface area contributed by atoms with Crippen LogP contribution in [0.1, 0.15) is 0 Å². The summed E-state index contributed by atoms with van der Waals surface area (Å²) in [6, 6.07) is 1.69. The lowest BCUT2D eigenvalue weighted by molar-refractivity contribution is 1.27. The number of nitrogens with two attached hydrogens (primary N) is 1. The molecule has 1 aromatic rings. The first kappa shape index (κ1) is 6.32. The molecular weight excluding hydrogens is 138 g/mol. The van der Waals surface area contributed by atoms with Gasteiger partial charge in [0, 0.05) is 6.20 Å².